The van der Waals surface area contributed by atoms with Crippen molar-refractivity contribution in [2.45, 2.75) is 37.2 Å². The summed E-state index contributed by atoms with van der Waals surface area (Å²) in [4.78, 5) is 18.6. The number of aromatic nitrogens is 3. The fraction of sp³-hybridized carbons (Fsp3) is 0.360. The molecule has 0 spiro atoms. The molecule has 190 valence electrons. The molecular formula is C25H29N5O5S. The van der Waals surface area contributed by atoms with E-state index in [1.54, 1.807) is 43.6 Å². The maximum absolute atomic E-state index is 12.1. The minimum atomic E-state index is -3.29. The van der Waals surface area contributed by atoms with Crippen molar-refractivity contribution in [3.05, 3.63) is 65.0 Å². The molecule has 11 heteroatoms. The van der Waals surface area contributed by atoms with Gasteiger partial charge in [-0.1, -0.05) is 12.1 Å². The number of methoxy groups -OCH3 is 1. The third kappa shape index (κ3) is 5.73. The van der Waals surface area contributed by atoms with Gasteiger partial charge < -0.3 is 20.1 Å². The first-order valence-corrected chi connectivity index (χ1v) is 13.4. The minimum Gasteiger partial charge on any atom is -0.489 e. The van der Waals surface area contributed by atoms with Gasteiger partial charge in [0.2, 0.25) is 5.88 Å². The standard InChI is InChI=1S/C25H29N5O5S/c1-16-21(14-17-4-7-20(8-5-17)36(3,32)33)23(24(26)31)28-29-25(16)30-12-10-18(11-13-30)35-19-6-9-22(34-2)27-15-19/h4-9,15,18H,10-14H2,1-3H3,(H2,26,31). The average Bonchev–Trinajstić information content (AvgIpc) is 2.86. The van der Waals surface area contributed by atoms with E-state index in [0.717, 1.165) is 24.0 Å². The predicted octanol–water partition coefficient (Wildman–Crippen LogP) is 2.33. The first-order chi connectivity index (χ1) is 17.2. The monoisotopic (exact) mass is 511 g/mol. The van der Waals surface area contributed by atoms with E-state index in [0.29, 0.717) is 42.5 Å². The molecule has 36 heavy (non-hydrogen) atoms. The van der Waals surface area contributed by atoms with Crippen LogP contribution in [0.1, 0.15) is 40.0 Å². The van der Waals surface area contributed by atoms with Crippen molar-refractivity contribution in [1.82, 2.24) is 15.2 Å². The number of anilines is 1. The van der Waals surface area contributed by atoms with E-state index < -0.39 is 15.7 Å². The molecule has 4 rings (SSSR count). The first-order valence-electron chi connectivity index (χ1n) is 11.5. The van der Waals surface area contributed by atoms with Gasteiger partial charge in [0.1, 0.15) is 11.9 Å². The Bertz CT molecular complexity index is 1340. The summed E-state index contributed by atoms with van der Waals surface area (Å²) in [7, 11) is -1.72. The van der Waals surface area contributed by atoms with Crippen molar-refractivity contribution >= 4 is 21.6 Å². The summed E-state index contributed by atoms with van der Waals surface area (Å²) in [5, 5.41) is 8.49. The van der Waals surface area contributed by atoms with Crippen LogP contribution >= 0.6 is 0 Å². The highest BCUT2D eigenvalue weighted by molar-refractivity contribution is 7.90. The number of pyridine rings is 1. The van der Waals surface area contributed by atoms with Crippen molar-refractivity contribution in [3.8, 4) is 11.6 Å². The predicted molar refractivity (Wildman–Crippen MR) is 134 cm³/mol. The van der Waals surface area contributed by atoms with Crippen LogP contribution in [0.4, 0.5) is 5.82 Å². The minimum absolute atomic E-state index is 0.0439. The Morgan fingerprint density at radius 2 is 1.81 bits per heavy atom. The smallest absolute Gasteiger partial charge is 0.269 e. The zero-order chi connectivity index (χ0) is 25.9. The number of benzene rings is 1. The molecule has 0 unspecified atom stereocenters. The molecule has 1 aliphatic rings. The number of nitrogens with zero attached hydrogens (tertiary/aromatic N) is 4. The summed E-state index contributed by atoms with van der Waals surface area (Å²) in [6, 6.07) is 10.2. The maximum atomic E-state index is 12.1. The number of sulfone groups is 1. The van der Waals surface area contributed by atoms with Crippen LogP contribution in [0.15, 0.2) is 47.5 Å². The molecule has 1 fully saturated rings. The van der Waals surface area contributed by atoms with Crippen molar-refractivity contribution in [3.63, 3.8) is 0 Å². The zero-order valence-corrected chi connectivity index (χ0v) is 21.3. The molecule has 0 atom stereocenters. The van der Waals surface area contributed by atoms with Crippen molar-refractivity contribution in [2.24, 2.45) is 5.73 Å². The van der Waals surface area contributed by atoms with Gasteiger partial charge in [-0.3, -0.25) is 4.79 Å². The van der Waals surface area contributed by atoms with E-state index in [2.05, 4.69) is 20.1 Å². The number of amides is 1. The second kappa shape index (κ2) is 10.5. The second-order valence-corrected chi connectivity index (χ2v) is 10.8. The summed E-state index contributed by atoms with van der Waals surface area (Å²) in [5.74, 6) is 1.28. The SMILES string of the molecule is COc1ccc(OC2CCN(c3nnc(C(N)=O)c(Cc4ccc(S(C)(=O)=O)cc4)c3C)CC2)cn1. The van der Waals surface area contributed by atoms with Crippen LogP contribution in [0.25, 0.3) is 0 Å². The number of ether oxygens (including phenoxy) is 2. The van der Waals surface area contributed by atoms with Crippen LogP contribution < -0.4 is 20.1 Å². The van der Waals surface area contributed by atoms with E-state index in [4.69, 9.17) is 15.2 Å². The van der Waals surface area contributed by atoms with Crippen LogP contribution in [-0.2, 0) is 16.3 Å². The molecule has 1 aliphatic heterocycles. The molecule has 10 nitrogen and oxygen atoms in total. The van der Waals surface area contributed by atoms with Gasteiger partial charge in [-0.15, -0.1) is 10.2 Å². The topological polar surface area (TPSA) is 138 Å². The number of primary amides is 1. The molecule has 1 aromatic carbocycles. The number of rotatable bonds is 8. The Kier molecular flexibility index (Phi) is 7.39. The third-order valence-corrected chi connectivity index (χ3v) is 7.38. The Labute approximate surface area is 210 Å². The molecule has 0 radical (unpaired) electrons. The molecule has 1 saturated heterocycles. The van der Waals surface area contributed by atoms with E-state index in [9.17, 15) is 13.2 Å². The average molecular weight is 512 g/mol. The molecule has 3 heterocycles. The molecule has 0 bridgehead atoms. The summed E-state index contributed by atoms with van der Waals surface area (Å²) < 4.78 is 34.7. The highest BCUT2D eigenvalue weighted by Gasteiger charge is 2.26. The summed E-state index contributed by atoms with van der Waals surface area (Å²) in [6.45, 7) is 3.33. The summed E-state index contributed by atoms with van der Waals surface area (Å²) in [6.07, 6.45) is 4.81. The number of nitrogens with two attached hydrogens (primary N) is 1. The zero-order valence-electron chi connectivity index (χ0n) is 20.5. The van der Waals surface area contributed by atoms with Crippen molar-refractivity contribution in [1.29, 1.82) is 0 Å². The normalized spacial score (nSPS) is 14.5. The second-order valence-electron chi connectivity index (χ2n) is 8.77. The molecule has 0 aliphatic carbocycles. The highest BCUT2D eigenvalue weighted by Crippen LogP contribution is 2.28. The molecule has 3 aromatic rings. The van der Waals surface area contributed by atoms with Gasteiger partial charge in [0, 0.05) is 44.7 Å². The van der Waals surface area contributed by atoms with Gasteiger partial charge in [-0.25, -0.2) is 13.4 Å². The number of hydrogen-bond acceptors (Lipinski definition) is 9. The molecule has 2 N–H and O–H groups in total. The lowest BCUT2D eigenvalue weighted by Crippen LogP contribution is -2.39. The number of hydrogen-bond donors (Lipinski definition) is 1. The van der Waals surface area contributed by atoms with Crippen LogP contribution in [0, 0.1) is 6.92 Å². The lowest BCUT2D eigenvalue weighted by Gasteiger charge is -2.33. The van der Waals surface area contributed by atoms with Crippen LogP contribution in [0.2, 0.25) is 0 Å². The van der Waals surface area contributed by atoms with Gasteiger partial charge >= 0.3 is 0 Å². The Morgan fingerprint density at radius 1 is 1.11 bits per heavy atom. The van der Waals surface area contributed by atoms with Crippen LogP contribution in [-0.4, -0.2) is 62.1 Å². The summed E-state index contributed by atoms with van der Waals surface area (Å²) in [5.41, 5.74) is 8.06. The van der Waals surface area contributed by atoms with Crippen molar-refractivity contribution in [2.75, 3.05) is 31.4 Å². The van der Waals surface area contributed by atoms with Gasteiger partial charge in [0.15, 0.2) is 21.3 Å². The van der Waals surface area contributed by atoms with Gasteiger partial charge in [0.25, 0.3) is 5.91 Å². The highest BCUT2D eigenvalue weighted by atomic mass is 32.2. The fourth-order valence-electron chi connectivity index (χ4n) is 4.25. The summed E-state index contributed by atoms with van der Waals surface area (Å²) >= 11 is 0. The van der Waals surface area contributed by atoms with Crippen molar-refractivity contribution < 1.29 is 22.7 Å². The number of piperidine rings is 1. The van der Waals surface area contributed by atoms with Crippen LogP contribution in [0.3, 0.4) is 0 Å². The fourth-order valence-corrected chi connectivity index (χ4v) is 4.88. The molecule has 2 aromatic heterocycles. The molecule has 0 saturated carbocycles. The Morgan fingerprint density at radius 3 is 2.36 bits per heavy atom. The quantitative estimate of drug-likeness (QED) is 0.483. The maximum Gasteiger partial charge on any atom is 0.269 e. The van der Waals surface area contributed by atoms with Gasteiger partial charge in [0.05, 0.1) is 18.2 Å². The van der Waals surface area contributed by atoms with E-state index in [-0.39, 0.29) is 16.7 Å². The van der Waals surface area contributed by atoms with Gasteiger partial charge in [-0.2, -0.15) is 0 Å². The largest absolute Gasteiger partial charge is 0.489 e. The molecule has 1 amide bonds. The Balaban J connectivity index is 1.50. The van der Waals surface area contributed by atoms with E-state index in [1.807, 2.05) is 13.0 Å². The van der Waals surface area contributed by atoms with Gasteiger partial charge in [-0.05, 0) is 41.8 Å². The Hall–Kier alpha value is -3.73. The lowest BCUT2D eigenvalue weighted by atomic mass is 9.98. The lowest BCUT2D eigenvalue weighted by molar-refractivity contribution is 0.0993. The number of carbonyl (C=O) groups excluding carboxylic acids is 1. The first kappa shape index (κ1) is 25.4. The number of carbonyl (C=O) groups is 1. The van der Waals surface area contributed by atoms with E-state index >= 15 is 0 Å². The van der Waals surface area contributed by atoms with Crippen LogP contribution in [0.5, 0.6) is 11.6 Å². The molecular weight excluding hydrogens is 482 g/mol. The third-order valence-electron chi connectivity index (χ3n) is 6.25. The van der Waals surface area contributed by atoms with E-state index in [1.165, 1.54) is 6.26 Å².